The molecule has 144 valence electrons. The van der Waals surface area contributed by atoms with Crippen LogP contribution in [0.2, 0.25) is 0 Å². The molecule has 0 bridgehead atoms. The second-order valence-electron chi connectivity index (χ2n) is 5.67. The van der Waals surface area contributed by atoms with Crippen LogP contribution in [0.4, 0.5) is 5.69 Å². The lowest BCUT2D eigenvalue weighted by atomic mass is 10.1. The average molecular weight is 375 g/mol. The molecule has 0 saturated carbocycles. The van der Waals surface area contributed by atoms with E-state index in [9.17, 15) is 14.4 Å². The number of aromatic amines is 1. The fourth-order valence-electron chi connectivity index (χ4n) is 2.22. The van der Waals surface area contributed by atoms with Crippen molar-refractivity contribution in [3.63, 3.8) is 0 Å². The van der Waals surface area contributed by atoms with Crippen molar-refractivity contribution in [2.75, 3.05) is 33.6 Å². The highest BCUT2D eigenvalue weighted by atomic mass is 16.5. The van der Waals surface area contributed by atoms with Crippen LogP contribution in [0.5, 0.6) is 11.5 Å². The van der Waals surface area contributed by atoms with Crippen molar-refractivity contribution in [3.8, 4) is 11.5 Å². The van der Waals surface area contributed by atoms with Crippen LogP contribution in [0.3, 0.4) is 0 Å². The van der Waals surface area contributed by atoms with Crippen LogP contribution < -0.4 is 20.1 Å². The van der Waals surface area contributed by atoms with Gasteiger partial charge in [-0.15, -0.1) is 0 Å². The monoisotopic (exact) mass is 375 g/mol. The van der Waals surface area contributed by atoms with Gasteiger partial charge in [0.2, 0.25) is 0 Å². The summed E-state index contributed by atoms with van der Waals surface area (Å²) in [6, 6.07) is 4.54. The minimum atomic E-state index is -0.922. The van der Waals surface area contributed by atoms with Crippen molar-refractivity contribution in [1.29, 1.82) is 0 Å². The van der Waals surface area contributed by atoms with Gasteiger partial charge in [0, 0.05) is 26.4 Å². The standard InChI is InChI=1S/C17H21N5O5/c1-22(2)17(25)11-7-13(26-3)14(27-4)8-12(11)20-16(24)15(23)18-9-10-5-6-19-21-10/h5-8H,9H2,1-4H3,(H,18,23)(H,19,21)(H,20,24). The molecule has 0 radical (unpaired) electrons. The smallest absolute Gasteiger partial charge is 0.313 e. The summed E-state index contributed by atoms with van der Waals surface area (Å²) in [5.41, 5.74) is 0.936. The summed E-state index contributed by atoms with van der Waals surface area (Å²) in [6.07, 6.45) is 1.53. The van der Waals surface area contributed by atoms with Gasteiger partial charge in [0.25, 0.3) is 5.91 Å². The Bertz CT molecular complexity index is 832. The molecule has 1 aromatic heterocycles. The maximum Gasteiger partial charge on any atom is 0.313 e. The Labute approximate surface area is 155 Å². The maximum atomic E-state index is 12.4. The van der Waals surface area contributed by atoms with E-state index in [1.165, 1.54) is 37.4 Å². The highest BCUT2D eigenvalue weighted by Gasteiger charge is 2.22. The van der Waals surface area contributed by atoms with Crippen molar-refractivity contribution in [2.24, 2.45) is 0 Å². The second kappa shape index (κ2) is 8.70. The maximum absolute atomic E-state index is 12.4. The summed E-state index contributed by atoms with van der Waals surface area (Å²) in [7, 11) is 6.00. The summed E-state index contributed by atoms with van der Waals surface area (Å²) in [5, 5.41) is 11.3. The molecule has 1 heterocycles. The molecule has 2 rings (SSSR count). The van der Waals surface area contributed by atoms with Crippen LogP contribution in [-0.4, -0.2) is 61.1 Å². The molecule has 1 aromatic carbocycles. The topological polar surface area (TPSA) is 126 Å². The first-order valence-electron chi connectivity index (χ1n) is 7.92. The minimum absolute atomic E-state index is 0.113. The Morgan fingerprint density at radius 1 is 1.11 bits per heavy atom. The van der Waals surface area contributed by atoms with Crippen molar-refractivity contribution in [1.82, 2.24) is 20.4 Å². The van der Waals surface area contributed by atoms with E-state index >= 15 is 0 Å². The molecule has 0 aliphatic rings. The van der Waals surface area contributed by atoms with Gasteiger partial charge in [0.05, 0.1) is 37.7 Å². The van der Waals surface area contributed by atoms with E-state index in [1.807, 2.05) is 0 Å². The molecule has 27 heavy (non-hydrogen) atoms. The molecule has 0 atom stereocenters. The number of hydrogen-bond donors (Lipinski definition) is 3. The van der Waals surface area contributed by atoms with E-state index in [1.54, 1.807) is 20.2 Å². The number of rotatable bonds is 6. The lowest BCUT2D eigenvalue weighted by molar-refractivity contribution is -0.136. The summed E-state index contributed by atoms with van der Waals surface area (Å²) in [5.74, 6) is -1.52. The Morgan fingerprint density at radius 3 is 2.33 bits per heavy atom. The number of carbonyl (C=O) groups excluding carboxylic acids is 3. The zero-order chi connectivity index (χ0) is 20.0. The van der Waals surface area contributed by atoms with Crippen molar-refractivity contribution in [3.05, 3.63) is 35.7 Å². The van der Waals surface area contributed by atoms with E-state index in [0.29, 0.717) is 17.2 Å². The summed E-state index contributed by atoms with van der Waals surface area (Å²) < 4.78 is 10.4. The number of anilines is 1. The Morgan fingerprint density at radius 2 is 1.78 bits per heavy atom. The fourth-order valence-corrected chi connectivity index (χ4v) is 2.22. The first-order valence-corrected chi connectivity index (χ1v) is 7.92. The van der Waals surface area contributed by atoms with Crippen LogP contribution in [-0.2, 0) is 16.1 Å². The minimum Gasteiger partial charge on any atom is -0.493 e. The number of amides is 3. The van der Waals surface area contributed by atoms with Gasteiger partial charge in [-0.25, -0.2) is 0 Å². The predicted molar refractivity (Wildman–Crippen MR) is 96.6 cm³/mol. The third kappa shape index (κ3) is 4.75. The van der Waals surface area contributed by atoms with Crippen LogP contribution in [0.15, 0.2) is 24.4 Å². The van der Waals surface area contributed by atoms with Gasteiger partial charge in [0.15, 0.2) is 11.5 Å². The van der Waals surface area contributed by atoms with Gasteiger partial charge >= 0.3 is 11.8 Å². The van der Waals surface area contributed by atoms with E-state index in [-0.39, 0.29) is 23.7 Å². The van der Waals surface area contributed by atoms with Crippen LogP contribution in [0.1, 0.15) is 16.1 Å². The van der Waals surface area contributed by atoms with Gasteiger partial charge in [-0.1, -0.05) is 0 Å². The first kappa shape index (κ1) is 19.8. The normalized spacial score (nSPS) is 10.1. The number of aromatic nitrogens is 2. The van der Waals surface area contributed by atoms with Gasteiger partial charge in [0.1, 0.15) is 0 Å². The van der Waals surface area contributed by atoms with E-state index in [2.05, 4.69) is 20.8 Å². The molecule has 0 aliphatic heterocycles. The lowest BCUT2D eigenvalue weighted by Gasteiger charge is -2.17. The third-order valence-electron chi connectivity index (χ3n) is 3.61. The van der Waals surface area contributed by atoms with Crippen molar-refractivity contribution < 1.29 is 23.9 Å². The SMILES string of the molecule is COc1cc(NC(=O)C(=O)NCc2ccn[nH]2)c(C(=O)N(C)C)cc1OC. The molecule has 10 heteroatoms. The molecule has 0 spiro atoms. The van der Waals surface area contributed by atoms with E-state index < -0.39 is 11.8 Å². The zero-order valence-electron chi connectivity index (χ0n) is 15.5. The molecule has 0 fully saturated rings. The quantitative estimate of drug-likeness (QED) is 0.627. The van der Waals surface area contributed by atoms with Crippen LogP contribution in [0, 0.1) is 0 Å². The highest BCUT2D eigenvalue weighted by molar-refractivity contribution is 6.40. The molecule has 10 nitrogen and oxygen atoms in total. The highest BCUT2D eigenvalue weighted by Crippen LogP contribution is 2.33. The largest absolute Gasteiger partial charge is 0.493 e. The number of H-pyrrole nitrogens is 1. The van der Waals surface area contributed by atoms with Gasteiger partial charge in [-0.2, -0.15) is 5.10 Å². The number of benzene rings is 1. The Balaban J connectivity index is 2.23. The molecule has 0 aliphatic carbocycles. The lowest BCUT2D eigenvalue weighted by Crippen LogP contribution is -2.35. The number of nitrogens with one attached hydrogen (secondary N) is 3. The molecule has 3 N–H and O–H groups in total. The Kier molecular flexibility index (Phi) is 6.36. The fraction of sp³-hybridized carbons (Fsp3) is 0.294. The van der Waals surface area contributed by atoms with E-state index in [4.69, 9.17) is 9.47 Å². The molecule has 2 aromatic rings. The number of ether oxygens (including phenoxy) is 2. The molecular weight excluding hydrogens is 354 g/mol. The van der Waals surface area contributed by atoms with Gasteiger partial charge in [-0.05, 0) is 12.1 Å². The molecule has 0 unspecified atom stereocenters. The number of nitrogens with zero attached hydrogens (tertiary/aromatic N) is 2. The average Bonchev–Trinajstić information content (AvgIpc) is 3.18. The summed E-state index contributed by atoms with van der Waals surface area (Å²) >= 11 is 0. The number of hydrogen-bond acceptors (Lipinski definition) is 6. The van der Waals surface area contributed by atoms with E-state index in [0.717, 1.165) is 0 Å². The third-order valence-corrected chi connectivity index (χ3v) is 3.61. The summed E-state index contributed by atoms with van der Waals surface area (Å²) in [6.45, 7) is 0.113. The first-order chi connectivity index (χ1) is 12.9. The summed E-state index contributed by atoms with van der Waals surface area (Å²) in [4.78, 5) is 38.0. The molecule has 0 saturated heterocycles. The second-order valence-corrected chi connectivity index (χ2v) is 5.67. The molecule has 3 amide bonds. The van der Waals surface area contributed by atoms with Gasteiger partial charge < -0.3 is 25.0 Å². The Hall–Kier alpha value is -3.56. The predicted octanol–water partition coefficient (Wildman–Crippen LogP) is 0.384. The van der Waals surface area contributed by atoms with Crippen molar-refractivity contribution in [2.45, 2.75) is 6.54 Å². The zero-order valence-corrected chi connectivity index (χ0v) is 15.5. The number of carbonyl (C=O) groups is 3. The number of methoxy groups -OCH3 is 2. The van der Waals surface area contributed by atoms with Crippen LogP contribution in [0.25, 0.3) is 0 Å². The molecular formula is C17H21N5O5. The van der Waals surface area contributed by atoms with Crippen LogP contribution >= 0.6 is 0 Å². The van der Waals surface area contributed by atoms with Gasteiger partial charge in [-0.3, -0.25) is 19.5 Å². The van der Waals surface area contributed by atoms with Crippen molar-refractivity contribution >= 4 is 23.4 Å².